The number of amides is 1. The molecule has 31 heavy (non-hydrogen) atoms. The quantitative estimate of drug-likeness (QED) is 0.580. The molecule has 168 valence electrons. The minimum Gasteiger partial charge on any atom is -0.497 e. The first kappa shape index (κ1) is 23.1. The fourth-order valence-electron chi connectivity index (χ4n) is 3.75. The van der Waals surface area contributed by atoms with Crippen LogP contribution in [-0.2, 0) is 16.0 Å². The van der Waals surface area contributed by atoms with Gasteiger partial charge in [-0.05, 0) is 30.3 Å². The SMILES string of the molecule is COCCN(CC1CN(Cc2ccccc2OC)CCO1)C(=O)c1ccc(OC)cc1. The number of methoxy groups -OCH3 is 3. The Kier molecular flexibility index (Phi) is 8.70. The fraction of sp³-hybridized carbons (Fsp3) is 0.458. The monoisotopic (exact) mass is 428 g/mol. The van der Waals surface area contributed by atoms with Gasteiger partial charge in [-0.15, -0.1) is 0 Å². The van der Waals surface area contributed by atoms with E-state index in [1.165, 1.54) is 0 Å². The first-order chi connectivity index (χ1) is 15.1. The fourth-order valence-corrected chi connectivity index (χ4v) is 3.75. The van der Waals surface area contributed by atoms with Crippen molar-refractivity contribution in [1.29, 1.82) is 0 Å². The predicted molar refractivity (Wildman–Crippen MR) is 119 cm³/mol. The summed E-state index contributed by atoms with van der Waals surface area (Å²) in [4.78, 5) is 17.3. The Hall–Kier alpha value is -2.61. The molecule has 1 heterocycles. The van der Waals surface area contributed by atoms with Gasteiger partial charge in [0.2, 0.25) is 0 Å². The maximum atomic E-state index is 13.1. The normalized spacial score (nSPS) is 16.7. The van der Waals surface area contributed by atoms with Gasteiger partial charge in [-0.3, -0.25) is 9.69 Å². The van der Waals surface area contributed by atoms with Gasteiger partial charge in [0.15, 0.2) is 0 Å². The largest absolute Gasteiger partial charge is 0.497 e. The summed E-state index contributed by atoms with van der Waals surface area (Å²) in [5.74, 6) is 1.58. The number of benzene rings is 2. The van der Waals surface area contributed by atoms with Gasteiger partial charge < -0.3 is 23.8 Å². The zero-order valence-electron chi connectivity index (χ0n) is 18.6. The van der Waals surface area contributed by atoms with Gasteiger partial charge in [0, 0.05) is 51.0 Å². The van der Waals surface area contributed by atoms with Crippen LogP contribution in [0.1, 0.15) is 15.9 Å². The van der Waals surface area contributed by atoms with E-state index in [9.17, 15) is 4.79 Å². The number of para-hydroxylation sites is 1. The maximum Gasteiger partial charge on any atom is 0.254 e. The van der Waals surface area contributed by atoms with E-state index in [1.54, 1.807) is 45.6 Å². The zero-order chi connectivity index (χ0) is 22.1. The van der Waals surface area contributed by atoms with Crippen molar-refractivity contribution < 1.29 is 23.7 Å². The van der Waals surface area contributed by atoms with E-state index in [1.807, 2.05) is 23.1 Å². The van der Waals surface area contributed by atoms with Crippen LogP contribution in [0.3, 0.4) is 0 Å². The highest BCUT2D eigenvalue weighted by molar-refractivity contribution is 5.94. The van der Waals surface area contributed by atoms with Crippen LogP contribution < -0.4 is 9.47 Å². The zero-order valence-corrected chi connectivity index (χ0v) is 18.6. The van der Waals surface area contributed by atoms with E-state index in [4.69, 9.17) is 18.9 Å². The molecule has 1 aliphatic heterocycles. The van der Waals surface area contributed by atoms with Crippen LogP contribution in [0.15, 0.2) is 48.5 Å². The van der Waals surface area contributed by atoms with E-state index in [0.29, 0.717) is 31.9 Å². The summed E-state index contributed by atoms with van der Waals surface area (Å²) in [7, 11) is 4.94. The third kappa shape index (κ3) is 6.43. The highest BCUT2D eigenvalue weighted by Crippen LogP contribution is 2.21. The van der Waals surface area contributed by atoms with Crippen molar-refractivity contribution in [3.63, 3.8) is 0 Å². The molecule has 0 aliphatic carbocycles. The van der Waals surface area contributed by atoms with Gasteiger partial charge in [0.05, 0.1) is 33.5 Å². The number of rotatable bonds is 10. The van der Waals surface area contributed by atoms with Crippen molar-refractivity contribution in [2.45, 2.75) is 12.6 Å². The predicted octanol–water partition coefficient (Wildman–Crippen LogP) is 2.69. The second kappa shape index (κ2) is 11.7. The number of nitrogens with zero attached hydrogens (tertiary/aromatic N) is 2. The number of carbonyl (C=O) groups excluding carboxylic acids is 1. The summed E-state index contributed by atoms with van der Waals surface area (Å²) >= 11 is 0. The van der Waals surface area contributed by atoms with Gasteiger partial charge in [0.1, 0.15) is 11.5 Å². The Morgan fingerprint density at radius 3 is 2.58 bits per heavy atom. The minimum atomic E-state index is -0.0671. The maximum absolute atomic E-state index is 13.1. The lowest BCUT2D eigenvalue weighted by Crippen LogP contribution is -2.49. The molecule has 1 amide bonds. The second-order valence-electron chi connectivity index (χ2n) is 7.51. The van der Waals surface area contributed by atoms with E-state index in [0.717, 1.165) is 36.7 Å². The third-order valence-corrected chi connectivity index (χ3v) is 5.42. The van der Waals surface area contributed by atoms with Crippen LogP contribution in [0.25, 0.3) is 0 Å². The smallest absolute Gasteiger partial charge is 0.254 e. The van der Waals surface area contributed by atoms with Crippen LogP contribution in [0, 0.1) is 0 Å². The van der Waals surface area contributed by atoms with Crippen molar-refractivity contribution in [2.24, 2.45) is 0 Å². The highest BCUT2D eigenvalue weighted by atomic mass is 16.5. The van der Waals surface area contributed by atoms with Crippen LogP contribution in [0.5, 0.6) is 11.5 Å². The average Bonchev–Trinajstić information content (AvgIpc) is 2.82. The third-order valence-electron chi connectivity index (χ3n) is 5.42. The first-order valence-electron chi connectivity index (χ1n) is 10.5. The molecule has 0 spiro atoms. The highest BCUT2D eigenvalue weighted by Gasteiger charge is 2.26. The van der Waals surface area contributed by atoms with Gasteiger partial charge in [-0.25, -0.2) is 0 Å². The molecular weight excluding hydrogens is 396 g/mol. The molecule has 0 aromatic heterocycles. The molecule has 1 atom stereocenters. The van der Waals surface area contributed by atoms with Crippen molar-refractivity contribution in [3.05, 3.63) is 59.7 Å². The van der Waals surface area contributed by atoms with E-state index in [-0.39, 0.29) is 12.0 Å². The molecule has 3 rings (SSSR count). The lowest BCUT2D eigenvalue weighted by atomic mass is 10.1. The second-order valence-corrected chi connectivity index (χ2v) is 7.51. The number of ether oxygens (including phenoxy) is 4. The molecule has 7 heteroatoms. The van der Waals surface area contributed by atoms with Gasteiger partial charge in [-0.1, -0.05) is 18.2 Å². The van der Waals surface area contributed by atoms with Crippen LogP contribution in [0.4, 0.5) is 0 Å². The summed E-state index contributed by atoms with van der Waals surface area (Å²) in [6, 6.07) is 15.2. The van der Waals surface area contributed by atoms with Crippen LogP contribution in [0.2, 0.25) is 0 Å². The number of carbonyl (C=O) groups is 1. The van der Waals surface area contributed by atoms with Crippen molar-refractivity contribution in [2.75, 3.05) is 60.7 Å². The summed E-state index contributed by atoms with van der Waals surface area (Å²) in [5.41, 5.74) is 1.77. The Morgan fingerprint density at radius 2 is 1.87 bits per heavy atom. The van der Waals surface area contributed by atoms with Crippen LogP contribution >= 0.6 is 0 Å². The molecule has 0 radical (unpaired) electrons. The molecule has 1 fully saturated rings. The van der Waals surface area contributed by atoms with E-state index < -0.39 is 0 Å². The lowest BCUT2D eigenvalue weighted by molar-refractivity contribution is -0.0445. The number of hydrogen-bond donors (Lipinski definition) is 0. The molecule has 7 nitrogen and oxygen atoms in total. The Labute approximate surface area is 184 Å². The standard InChI is InChI=1S/C24H32N2O5/c1-28-14-13-26(24(27)19-8-10-21(29-2)11-9-19)18-22-17-25(12-15-31-22)16-20-6-4-5-7-23(20)30-3/h4-11,22H,12-18H2,1-3H3. The van der Waals surface area contributed by atoms with Crippen molar-refractivity contribution in [3.8, 4) is 11.5 Å². The molecule has 1 aliphatic rings. The van der Waals surface area contributed by atoms with Crippen LogP contribution in [-0.4, -0.2) is 82.5 Å². The Balaban J connectivity index is 1.65. The summed E-state index contributed by atoms with van der Waals surface area (Å²) < 4.78 is 21.9. The Bertz CT molecular complexity index is 827. The summed E-state index contributed by atoms with van der Waals surface area (Å²) in [6.07, 6.45) is -0.0671. The van der Waals surface area contributed by atoms with E-state index >= 15 is 0 Å². The molecule has 1 unspecified atom stereocenters. The van der Waals surface area contributed by atoms with E-state index in [2.05, 4.69) is 11.0 Å². The van der Waals surface area contributed by atoms with Gasteiger partial charge in [0.25, 0.3) is 5.91 Å². The number of morpholine rings is 1. The first-order valence-corrected chi connectivity index (χ1v) is 10.5. The number of hydrogen-bond acceptors (Lipinski definition) is 6. The Morgan fingerprint density at radius 1 is 1.10 bits per heavy atom. The topological polar surface area (TPSA) is 60.5 Å². The van der Waals surface area contributed by atoms with Crippen molar-refractivity contribution in [1.82, 2.24) is 9.80 Å². The summed E-state index contributed by atoms with van der Waals surface area (Å²) in [6.45, 7) is 4.50. The van der Waals surface area contributed by atoms with Crippen molar-refractivity contribution >= 4 is 5.91 Å². The summed E-state index contributed by atoms with van der Waals surface area (Å²) in [5, 5.41) is 0. The average molecular weight is 429 g/mol. The van der Waals surface area contributed by atoms with Gasteiger partial charge in [-0.2, -0.15) is 0 Å². The molecule has 0 bridgehead atoms. The molecule has 0 N–H and O–H groups in total. The lowest BCUT2D eigenvalue weighted by Gasteiger charge is -2.36. The molecule has 1 saturated heterocycles. The molecule has 2 aromatic rings. The van der Waals surface area contributed by atoms with Gasteiger partial charge >= 0.3 is 0 Å². The molecular formula is C24H32N2O5. The minimum absolute atomic E-state index is 0.0369. The molecule has 2 aromatic carbocycles. The molecule has 0 saturated carbocycles.